The molecule has 0 atom stereocenters. The van der Waals surface area contributed by atoms with Crippen molar-refractivity contribution in [2.75, 3.05) is 19.8 Å². The lowest BCUT2D eigenvalue weighted by Gasteiger charge is -2.24. The van der Waals surface area contributed by atoms with Crippen molar-refractivity contribution in [3.05, 3.63) is 0 Å². The average Bonchev–Trinajstić information content (AvgIpc) is 2.95. The zero-order valence-electron chi connectivity index (χ0n) is 9.44. The van der Waals surface area contributed by atoms with Crippen LogP contribution < -0.4 is 10.6 Å². The molecule has 1 aliphatic rings. The minimum atomic E-state index is -0.464. The van der Waals surface area contributed by atoms with E-state index in [1.54, 1.807) is 7.05 Å². The Labute approximate surface area is 90.4 Å². The summed E-state index contributed by atoms with van der Waals surface area (Å²) in [6.45, 7) is 4.58. The average molecular weight is 216 g/mol. The van der Waals surface area contributed by atoms with Gasteiger partial charge in [-0.1, -0.05) is 0 Å². The lowest BCUT2D eigenvalue weighted by Crippen LogP contribution is -2.52. The van der Waals surface area contributed by atoms with Crippen LogP contribution in [0.4, 0.5) is 0 Å². The fourth-order valence-electron chi connectivity index (χ4n) is 1.17. The first-order chi connectivity index (χ1) is 6.46. The normalized spacial score (nSPS) is 19.1. The molecule has 1 saturated carbocycles. The van der Waals surface area contributed by atoms with Crippen molar-refractivity contribution in [3.8, 4) is 0 Å². The van der Waals surface area contributed by atoms with Gasteiger partial charge >= 0.3 is 0 Å². The summed E-state index contributed by atoms with van der Waals surface area (Å²) in [6, 6.07) is 0. The van der Waals surface area contributed by atoms with Crippen LogP contribution in [-0.4, -0.2) is 36.0 Å². The first-order valence-electron chi connectivity index (χ1n) is 4.98. The molecule has 0 aromatic heterocycles. The summed E-state index contributed by atoms with van der Waals surface area (Å²) in [4.78, 5) is 11.7. The molecule has 0 unspecified atom stereocenters. The Balaban J connectivity index is 2.35. The molecule has 3 nitrogen and oxygen atoms in total. The van der Waals surface area contributed by atoms with Crippen molar-refractivity contribution in [2.24, 2.45) is 0 Å². The van der Waals surface area contributed by atoms with E-state index >= 15 is 0 Å². The Kier molecular flexibility index (Phi) is 3.48. The minimum absolute atomic E-state index is 0.0836. The molecule has 0 aromatic rings. The molecule has 4 heteroatoms. The molecule has 0 bridgehead atoms. The summed E-state index contributed by atoms with van der Waals surface area (Å²) >= 11 is 1.86. The number of nitrogens with one attached hydrogen (secondary N) is 2. The molecule has 14 heavy (non-hydrogen) atoms. The van der Waals surface area contributed by atoms with E-state index in [9.17, 15) is 4.79 Å². The van der Waals surface area contributed by atoms with E-state index in [4.69, 9.17) is 0 Å². The Morgan fingerprint density at radius 2 is 2.07 bits per heavy atom. The van der Waals surface area contributed by atoms with Gasteiger partial charge in [0, 0.05) is 11.3 Å². The second kappa shape index (κ2) is 4.11. The standard InChI is InChI=1S/C10H20N2OS/c1-9(2,11-3)8(13)12-7-10(14-4)5-6-10/h11H,5-7H2,1-4H3,(H,12,13). The van der Waals surface area contributed by atoms with E-state index in [-0.39, 0.29) is 5.91 Å². The van der Waals surface area contributed by atoms with E-state index in [1.807, 2.05) is 25.6 Å². The molecule has 0 saturated heterocycles. The van der Waals surface area contributed by atoms with E-state index < -0.39 is 5.54 Å². The lowest BCUT2D eigenvalue weighted by atomic mass is 10.1. The fourth-order valence-corrected chi connectivity index (χ4v) is 1.90. The Morgan fingerprint density at radius 3 is 2.43 bits per heavy atom. The Hall–Kier alpha value is -0.220. The van der Waals surface area contributed by atoms with E-state index in [2.05, 4.69) is 16.9 Å². The molecule has 1 amide bonds. The van der Waals surface area contributed by atoms with E-state index in [0.29, 0.717) is 4.75 Å². The predicted octanol–water partition coefficient (Wildman–Crippen LogP) is 0.996. The SMILES string of the molecule is CNC(C)(C)C(=O)NCC1(SC)CC1. The summed E-state index contributed by atoms with van der Waals surface area (Å²) in [5, 5.41) is 6.00. The predicted molar refractivity (Wildman–Crippen MR) is 61.6 cm³/mol. The van der Waals surface area contributed by atoms with Crippen LogP contribution in [0.15, 0.2) is 0 Å². The number of carbonyl (C=O) groups excluding carboxylic acids is 1. The number of hydrogen-bond acceptors (Lipinski definition) is 3. The van der Waals surface area contributed by atoms with Gasteiger partial charge in [0.15, 0.2) is 0 Å². The van der Waals surface area contributed by atoms with Crippen LogP contribution in [0.2, 0.25) is 0 Å². The van der Waals surface area contributed by atoms with Gasteiger partial charge in [0.1, 0.15) is 0 Å². The molecule has 2 N–H and O–H groups in total. The molecule has 0 spiro atoms. The first-order valence-corrected chi connectivity index (χ1v) is 6.21. The van der Waals surface area contributed by atoms with Crippen molar-refractivity contribution < 1.29 is 4.79 Å². The summed E-state index contributed by atoms with van der Waals surface area (Å²) < 4.78 is 0.347. The minimum Gasteiger partial charge on any atom is -0.353 e. The molecule has 0 radical (unpaired) electrons. The molecule has 1 rings (SSSR count). The van der Waals surface area contributed by atoms with Crippen LogP contribution >= 0.6 is 11.8 Å². The maximum Gasteiger partial charge on any atom is 0.239 e. The van der Waals surface area contributed by atoms with Gasteiger partial charge in [0.05, 0.1) is 5.54 Å². The van der Waals surface area contributed by atoms with E-state index in [1.165, 1.54) is 12.8 Å². The zero-order chi connectivity index (χ0) is 10.8. The van der Waals surface area contributed by atoms with Crippen LogP contribution in [0.5, 0.6) is 0 Å². The summed E-state index contributed by atoms with van der Waals surface area (Å²) in [5.41, 5.74) is -0.464. The third kappa shape index (κ3) is 2.64. The van der Waals surface area contributed by atoms with Crippen molar-refractivity contribution in [1.82, 2.24) is 10.6 Å². The Bertz CT molecular complexity index is 224. The van der Waals surface area contributed by atoms with Crippen LogP contribution in [0.1, 0.15) is 26.7 Å². The number of amides is 1. The molecule has 0 heterocycles. The van der Waals surface area contributed by atoms with Crippen LogP contribution in [0, 0.1) is 0 Å². The maximum absolute atomic E-state index is 11.7. The molecular weight excluding hydrogens is 196 g/mol. The third-order valence-corrected chi connectivity index (χ3v) is 4.42. The van der Waals surface area contributed by atoms with Gasteiger partial charge < -0.3 is 10.6 Å². The van der Waals surface area contributed by atoms with E-state index in [0.717, 1.165) is 6.54 Å². The number of carbonyl (C=O) groups is 1. The van der Waals surface area contributed by atoms with Gasteiger partial charge in [-0.2, -0.15) is 11.8 Å². The molecule has 0 aliphatic heterocycles. The highest BCUT2D eigenvalue weighted by molar-refractivity contribution is 8.00. The number of thioether (sulfide) groups is 1. The molecule has 1 fully saturated rings. The Morgan fingerprint density at radius 1 is 1.50 bits per heavy atom. The van der Waals surface area contributed by atoms with Gasteiger partial charge in [-0.05, 0) is 40.0 Å². The molecule has 0 aromatic carbocycles. The highest BCUT2D eigenvalue weighted by atomic mass is 32.2. The van der Waals surface area contributed by atoms with Crippen molar-refractivity contribution >= 4 is 17.7 Å². The van der Waals surface area contributed by atoms with Gasteiger partial charge in [-0.25, -0.2) is 0 Å². The highest BCUT2D eigenvalue weighted by Gasteiger charge is 2.42. The number of rotatable bonds is 5. The number of hydrogen-bond donors (Lipinski definition) is 2. The van der Waals surface area contributed by atoms with Gasteiger partial charge in [0.25, 0.3) is 0 Å². The van der Waals surface area contributed by atoms with Gasteiger partial charge in [0.2, 0.25) is 5.91 Å². The molecule has 82 valence electrons. The smallest absolute Gasteiger partial charge is 0.239 e. The summed E-state index contributed by atoms with van der Waals surface area (Å²) in [7, 11) is 1.81. The fraction of sp³-hybridized carbons (Fsp3) is 0.900. The topological polar surface area (TPSA) is 41.1 Å². The first kappa shape index (κ1) is 11.9. The largest absolute Gasteiger partial charge is 0.353 e. The van der Waals surface area contributed by atoms with Gasteiger partial charge in [-0.15, -0.1) is 0 Å². The maximum atomic E-state index is 11.7. The third-order valence-electron chi connectivity index (χ3n) is 3.00. The zero-order valence-corrected chi connectivity index (χ0v) is 10.3. The van der Waals surface area contributed by atoms with Crippen LogP contribution in [0.3, 0.4) is 0 Å². The van der Waals surface area contributed by atoms with Crippen molar-refractivity contribution in [3.63, 3.8) is 0 Å². The van der Waals surface area contributed by atoms with Crippen LogP contribution in [-0.2, 0) is 4.79 Å². The number of likely N-dealkylation sites (N-methyl/N-ethyl adjacent to an activating group) is 1. The summed E-state index contributed by atoms with van der Waals surface area (Å²) in [6.07, 6.45) is 4.57. The summed E-state index contributed by atoms with van der Waals surface area (Å²) in [5.74, 6) is 0.0836. The molecule has 1 aliphatic carbocycles. The molecular formula is C10H20N2OS. The monoisotopic (exact) mass is 216 g/mol. The second-order valence-electron chi connectivity index (χ2n) is 4.44. The van der Waals surface area contributed by atoms with Crippen LogP contribution in [0.25, 0.3) is 0 Å². The highest BCUT2D eigenvalue weighted by Crippen LogP contribution is 2.46. The second-order valence-corrected chi connectivity index (χ2v) is 5.72. The van der Waals surface area contributed by atoms with Crippen molar-refractivity contribution in [2.45, 2.75) is 37.0 Å². The lowest BCUT2D eigenvalue weighted by molar-refractivity contribution is -0.126. The van der Waals surface area contributed by atoms with Crippen molar-refractivity contribution in [1.29, 1.82) is 0 Å². The van der Waals surface area contributed by atoms with Gasteiger partial charge in [-0.3, -0.25) is 4.79 Å². The quantitative estimate of drug-likeness (QED) is 0.720.